The molecular formula is C16H17N3O2S. The van der Waals surface area contributed by atoms with Crippen LogP contribution >= 0.6 is 11.3 Å². The number of carbonyl (C=O) groups excluding carboxylic acids is 2. The zero-order valence-electron chi connectivity index (χ0n) is 12.3. The minimum Gasteiger partial charge on any atom is -0.353 e. The van der Waals surface area contributed by atoms with Crippen molar-refractivity contribution < 1.29 is 9.59 Å². The maximum atomic E-state index is 12.3. The standard InChI is InChI=1S/C16H17N3O2S/c1-19(15(21)10-12-4-7-14(20)18-12)13-5-2-11(3-6-13)16-17-8-9-22-16/h2-3,5-6,8-9,12H,4,7,10H2,1H3,(H,18,20). The fraction of sp³-hybridized carbons (Fsp3) is 0.312. The zero-order chi connectivity index (χ0) is 15.5. The van der Waals surface area contributed by atoms with Crippen LogP contribution in [0.25, 0.3) is 10.6 Å². The molecule has 1 unspecified atom stereocenters. The first-order chi connectivity index (χ1) is 10.6. The molecule has 22 heavy (non-hydrogen) atoms. The van der Waals surface area contributed by atoms with Gasteiger partial charge in [-0.05, 0) is 30.7 Å². The Labute approximate surface area is 133 Å². The average Bonchev–Trinajstić information content (AvgIpc) is 3.18. The van der Waals surface area contributed by atoms with E-state index >= 15 is 0 Å². The van der Waals surface area contributed by atoms with Gasteiger partial charge in [0.05, 0.1) is 0 Å². The van der Waals surface area contributed by atoms with E-state index < -0.39 is 0 Å². The van der Waals surface area contributed by atoms with Crippen LogP contribution in [-0.4, -0.2) is 29.9 Å². The van der Waals surface area contributed by atoms with Crippen molar-refractivity contribution in [3.63, 3.8) is 0 Å². The van der Waals surface area contributed by atoms with Crippen LogP contribution in [0.5, 0.6) is 0 Å². The molecule has 5 nitrogen and oxygen atoms in total. The highest BCUT2D eigenvalue weighted by Gasteiger charge is 2.24. The molecule has 1 atom stereocenters. The van der Waals surface area contributed by atoms with E-state index in [0.717, 1.165) is 22.7 Å². The quantitative estimate of drug-likeness (QED) is 0.942. The Morgan fingerprint density at radius 2 is 2.18 bits per heavy atom. The van der Waals surface area contributed by atoms with Crippen molar-refractivity contribution in [2.75, 3.05) is 11.9 Å². The first-order valence-electron chi connectivity index (χ1n) is 7.19. The first kappa shape index (κ1) is 14.7. The van der Waals surface area contributed by atoms with Gasteiger partial charge in [-0.15, -0.1) is 11.3 Å². The summed E-state index contributed by atoms with van der Waals surface area (Å²) in [6.07, 6.45) is 3.38. The lowest BCUT2D eigenvalue weighted by molar-refractivity contribution is -0.119. The second-order valence-electron chi connectivity index (χ2n) is 5.34. The van der Waals surface area contributed by atoms with Crippen LogP contribution in [0.2, 0.25) is 0 Å². The Bertz CT molecular complexity index is 667. The van der Waals surface area contributed by atoms with Crippen LogP contribution < -0.4 is 10.2 Å². The Morgan fingerprint density at radius 3 is 2.77 bits per heavy atom. The summed E-state index contributed by atoms with van der Waals surface area (Å²) in [5.41, 5.74) is 1.89. The van der Waals surface area contributed by atoms with Gasteiger partial charge in [-0.2, -0.15) is 0 Å². The molecule has 0 spiro atoms. The van der Waals surface area contributed by atoms with E-state index in [-0.39, 0.29) is 17.9 Å². The van der Waals surface area contributed by atoms with E-state index in [1.807, 2.05) is 29.6 Å². The molecule has 1 fully saturated rings. The van der Waals surface area contributed by atoms with E-state index in [1.165, 1.54) is 0 Å². The van der Waals surface area contributed by atoms with Gasteiger partial charge in [-0.25, -0.2) is 4.98 Å². The van der Waals surface area contributed by atoms with Crippen molar-refractivity contribution >= 4 is 28.8 Å². The minimum absolute atomic E-state index is 0.00852. The van der Waals surface area contributed by atoms with E-state index in [4.69, 9.17) is 0 Å². The maximum Gasteiger partial charge on any atom is 0.228 e. The van der Waals surface area contributed by atoms with Crippen LogP contribution in [0, 0.1) is 0 Å². The van der Waals surface area contributed by atoms with Crippen LogP contribution in [-0.2, 0) is 9.59 Å². The van der Waals surface area contributed by atoms with Gasteiger partial charge in [0.1, 0.15) is 5.01 Å². The monoisotopic (exact) mass is 315 g/mol. The predicted molar refractivity (Wildman–Crippen MR) is 86.7 cm³/mol. The third-order valence-electron chi connectivity index (χ3n) is 3.81. The second-order valence-corrected chi connectivity index (χ2v) is 6.24. The van der Waals surface area contributed by atoms with Crippen LogP contribution in [0.3, 0.4) is 0 Å². The SMILES string of the molecule is CN(C(=O)CC1CCC(=O)N1)c1ccc(-c2nccs2)cc1. The van der Waals surface area contributed by atoms with Crippen molar-refractivity contribution in [2.24, 2.45) is 0 Å². The molecular weight excluding hydrogens is 298 g/mol. The largest absolute Gasteiger partial charge is 0.353 e. The Hall–Kier alpha value is -2.21. The lowest BCUT2D eigenvalue weighted by Gasteiger charge is -2.19. The molecule has 0 saturated carbocycles. The molecule has 3 rings (SSSR count). The lowest BCUT2D eigenvalue weighted by Crippen LogP contribution is -2.34. The van der Waals surface area contributed by atoms with E-state index in [9.17, 15) is 9.59 Å². The highest BCUT2D eigenvalue weighted by atomic mass is 32.1. The smallest absolute Gasteiger partial charge is 0.228 e. The number of thiazole rings is 1. The van der Waals surface area contributed by atoms with Crippen LogP contribution in [0.4, 0.5) is 5.69 Å². The van der Waals surface area contributed by atoms with E-state index in [2.05, 4.69) is 10.3 Å². The molecule has 1 aliphatic rings. The van der Waals surface area contributed by atoms with Gasteiger partial charge in [0.25, 0.3) is 0 Å². The Kier molecular flexibility index (Phi) is 4.20. The number of aromatic nitrogens is 1. The molecule has 1 saturated heterocycles. The third-order valence-corrected chi connectivity index (χ3v) is 4.64. The maximum absolute atomic E-state index is 12.3. The van der Waals surface area contributed by atoms with Crippen LogP contribution in [0.15, 0.2) is 35.8 Å². The van der Waals surface area contributed by atoms with Gasteiger partial charge >= 0.3 is 0 Å². The Balaban J connectivity index is 1.65. The average molecular weight is 315 g/mol. The fourth-order valence-corrected chi connectivity index (χ4v) is 3.16. The molecule has 1 aromatic carbocycles. The summed E-state index contributed by atoms with van der Waals surface area (Å²) >= 11 is 1.59. The van der Waals surface area contributed by atoms with Gasteiger partial charge in [0.2, 0.25) is 11.8 Å². The summed E-state index contributed by atoms with van der Waals surface area (Å²) in [5, 5.41) is 5.73. The summed E-state index contributed by atoms with van der Waals surface area (Å²) < 4.78 is 0. The zero-order valence-corrected chi connectivity index (χ0v) is 13.1. The van der Waals surface area contributed by atoms with Gasteiger partial charge < -0.3 is 10.2 Å². The molecule has 0 radical (unpaired) electrons. The normalized spacial score (nSPS) is 17.3. The lowest BCUT2D eigenvalue weighted by atomic mass is 10.1. The summed E-state index contributed by atoms with van der Waals surface area (Å²) in [5.74, 6) is 0.0439. The number of nitrogens with one attached hydrogen (secondary N) is 1. The molecule has 1 aromatic heterocycles. The Morgan fingerprint density at radius 1 is 1.41 bits per heavy atom. The molecule has 6 heteroatoms. The van der Waals surface area contributed by atoms with E-state index in [1.54, 1.807) is 29.5 Å². The van der Waals surface area contributed by atoms with Crippen molar-refractivity contribution in [1.82, 2.24) is 10.3 Å². The number of anilines is 1. The summed E-state index contributed by atoms with van der Waals surface area (Å²) in [7, 11) is 1.76. The number of rotatable bonds is 4. The number of hydrogen-bond acceptors (Lipinski definition) is 4. The van der Waals surface area contributed by atoms with Crippen LogP contribution in [0.1, 0.15) is 19.3 Å². The molecule has 2 heterocycles. The van der Waals surface area contributed by atoms with Gasteiger partial charge in [-0.1, -0.05) is 0 Å². The molecule has 2 amide bonds. The molecule has 2 aromatic rings. The van der Waals surface area contributed by atoms with Gasteiger partial charge in [0, 0.05) is 48.8 Å². The summed E-state index contributed by atoms with van der Waals surface area (Å²) in [4.78, 5) is 29.4. The fourth-order valence-electron chi connectivity index (χ4n) is 2.52. The number of nitrogens with zero attached hydrogens (tertiary/aromatic N) is 2. The predicted octanol–water partition coefficient (Wildman–Crippen LogP) is 2.44. The first-order valence-corrected chi connectivity index (χ1v) is 8.07. The highest BCUT2D eigenvalue weighted by Crippen LogP contribution is 2.25. The molecule has 1 N–H and O–H groups in total. The van der Waals surface area contributed by atoms with Gasteiger partial charge in [-0.3, -0.25) is 9.59 Å². The minimum atomic E-state index is -0.0305. The van der Waals surface area contributed by atoms with Crippen molar-refractivity contribution in [1.29, 1.82) is 0 Å². The van der Waals surface area contributed by atoms with Gasteiger partial charge in [0.15, 0.2) is 0 Å². The molecule has 1 aliphatic heterocycles. The third kappa shape index (κ3) is 3.17. The number of hydrogen-bond donors (Lipinski definition) is 1. The number of carbonyl (C=O) groups is 2. The number of amides is 2. The molecule has 0 aliphatic carbocycles. The molecule has 0 bridgehead atoms. The van der Waals surface area contributed by atoms with Crippen molar-refractivity contribution in [3.05, 3.63) is 35.8 Å². The summed E-state index contributed by atoms with van der Waals surface area (Å²) in [6.45, 7) is 0. The van der Waals surface area contributed by atoms with Crippen molar-refractivity contribution in [3.8, 4) is 10.6 Å². The van der Waals surface area contributed by atoms with Crippen molar-refractivity contribution in [2.45, 2.75) is 25.3 Å². The van der Waals surface area contributed by atoms with E-state index in [0.29, 0.717) is 12.8 Å². The summed E-state index contributed by atoms with van der Waals surface area (Å²) in [6, 6.07) is 7.74. The number of benzene rings is 1. The topological polar surface area (TPSA) is 62.3 Å². The highest BCUT2D eigenvalue weighted by molar-refractivity contribution is 7.13. The molecule has 114 valence electrons. The second kappa shape index (κ2) is 6.27.